The zero-order chi connectivity index (χ0) is 16.9. The maximum absolute atomic E-state index is 13.8. The number of nitrogens with zero attached hydrogens (tertiary/aromatic N) is 2. The summed E-state index contributed by atoms with van der Waals surface area (Å²) in [5.41, 5.74) is -0.0135. The van der Waals surface area contributed by atoms with E-state index in [0.29, 0.717) is 25.3 Å². The number of anilines is 1. The number of nitrogens with one attached hydrogen (secondary N) is 1. The second kappa shape index (κ2) is 7.61. The molecule has 1 aliphatic heterocycles. The Morgan fingerprint density at radius 3 is 2.67 bits per heavy atom. The van der Waals surface area contributed by atoms with Crippen LogP contribution in [0.5, 0.6) is 0 Å². The molecule has 1 saturated heterocycles. The van der Waals surface area contributed by atoms with E-state index in [2.05, 4.69) is 10.3 Å². The van der Waals surface area contributed by atoms with Crippen LogP contribution in [0, 0.1) is 11.6 Å². The number of amides is 1. The van der Waals surface area contributed by atoms with E-state index in [0.717, 1.165) is 4.90 Å². The highest BCUT2D eigenvalue weighted by Crippen LogP contribution is 2.26. The lowest BCUT2D eigenvalue weighted by Gasteiger charge is -2.20. The topological polar surface area (TPSA) is 45.2 Å². The van der Waals surface area contributed by atoms with E-state index in [1.54, 1.807) is 17.3 Å². The van der Waals surface area contributed by atoms with Crippen LogP contribution in [0.25, 0.3) is 0 Å². The molecular formula is C17H17F2N3OS. The predicted molar refractivity (Wildman–Crippen MR) is 90.1 cm³/mol. The number of carbonyl (C=O) groups is 1. The maximum atomic E-state index is 13.8. The van der Waals surface area contributed by atoms with E-state index < -0.39 is 11.6 Å². The third-order valence-corrected chi connectivity index (χ3v) is 4.84. The molecule has 4 nitrogen and oxygen atoms in total. The van der Waals surface area contributed by atoms with Crippen LogP contribution < -0.4 is 10.2 Å². The van der Waals surface area contributed by atoms with Gasteiger partial charge in [-0.2, -0.15) is 0 Å². The first-order chi connectivity index (χ1) is 11.6. The molecule has 1 atom stereocenters. The van der Waals surface area contributed by atoms with Gasteiger partial charge in [0.15, 0.2) is 0 Å². The van der Waals surface area contributed by atoms with Crippen molar-refractivity contribution in [3.05, 3.63) is 54.4 Å². The highest BCUT2D eigenvalue weighted by molar-refractivity contribution is 8.00. The van der Waals surface area contributed by atoms with Gasteiger partial charge in [-0.3, -0.25) is 9.78 Å². The lowest BCUT2D eigenvalue weighted by Crippen LogP contribution is -2.38. The van der Waals surface area contributed by atoms with Gasteiger partial charge in [-0.05, 0) is 30.7 Å². The molecule has 0 saturated carbocycles. The van der Waals surface area contributed by atoms with Gasteiger partial charge >= 0.3 is 0 Å². The van der Waals surface area contributed by atoms with Crippen LogP contribution in [0.1, 0.15) is 6.42 Å². The van der Waals surface area contributed by atoms with Gasteiger partial charge in [0.25, 0.3) is 0 Å². The van der Waals surface area contributed by atoms with Gasteiger partial charge in [-0.15, -0.1) is 11.8 Å². The van der Waals surface area contributed by atoms with Gasteiger partial charge in [0, 0.05) is 36.4 Å². The van der Waals surface area contributed by atoms with E-state index in [1.165, 1.54) is 30.0 Å². The van der Waals surface area contributed by atoms with Crippen molar-refractivity contribution in [3.8, 4) is 0 Å². The number of hydrogen-bond acceptors (Lipinski definition) is 4. The molecule has 1 N–H and O–H groups in total. The van der Waals surface area contributed by atoms with Crippen LogP contribution in [0.15, 0.2) is 47.6 Å². The average Bonchev–Trinajstić information content (AvgIpc) is 3.02. The van der Waals surface area contributed by atoms with Crippen molar-refractivity contribution in [2.24, 2.45) is 0 Å². The van der Waals surface area contributed by atoms with E-state index in [4.69, 9.17) is 0 Å². The monoisotopic (exact) mass is 349 g/mol. The summed E-state index contributed by atoms with van der Waals surface area (Å²) in [6.45, 7) is 0.920. The van der Waals surface area contributed by atoms with Gasteiger partial charge in [-0.1, -0.05) is 6.07 Å². The van der Waals surface area contributed by atoms with E-state index in [-0.39, 0.29) is 17.6 Å². The third-order valence-electron chi connectivity index (χ3n) is 3.83. The van der Waals surface area contributed by atoms with E-state index >= 15 is 0 Å². The third kappa shape index (κ3) is 4.03. The molecule has 2 aromatic rings. The quantitative estimate of drug-likeness (QED) is 0.843. The van der Waals surface area contributed by atoms with Crippen molar-refractivity contribution < 1.29 is 13.6 Å². The van der Waals surface area contributed by atoms with Crippen LogP contribution in [-0.4, -0.2) is 35.8 Å². The summed E-state index contributed by atoms with van der Waals surface area (Å²) in [5.74, 6) is -0.933. The summed E-state index contributed by atoms with van der Waals surface area (Å²) in [5, 5.41) is 2.93. The van der Waals surface area contributed by atoms with Gasteiger partial charge in [0.05, 0.1) is 5.75 Å². The Morgan fingerprint density at radius 2 is 1.96 bits per heavy atom. The molecule has 24 heavy (non-hydrogen) atoms. The smallest absolute Gasteiger partial charge is 0.230 e. The van der Waals surface area contributed by atoms with Gasteiger partial charge < -0.3 is 10.2 Å². The number of halogens is 2. The summed E-state index contributed by atoms with van der Waals surface area (Å²) >= 11 is 1.43. The fourth-order valence-electron chi connectivity index (χ4n) is 2.72. The average molecular weight is 349 g/mol. The fourth-order valence-corrected chi connectivity index (χ4v) is 3.42. The number of para-hydroxylation sites is 1. The number of thioether (sulfide) groups is 1. The number of hydrogen-bond donors (Lipinski definition) is 1. The second-order valence-electron chi connectivity index (χ2n) is 5.54. The first kappa shape index (κ1) is 16.7. The van der Waals surface area contributed by atoms with Crippen molar-refractivity contribution in [2.75, 3.05) is 23.7 Å². The van der Waals surface area contributed by atoms with Crippen molar-refractivity contribution in [3.63, 3.8) is 0 Å². The number of carbonyl (C=O) groups excluding carboxylic acids is 1. The molecule has 7 heteroatoms. The van der Waals surface area contributed by atoms with Crippen LogP contribution in [0.2, 0.25) is 0 Å². The predicted octanol–water partition coefficient (Wildman–Crippen LogP) is 2.85. The largest absolute Gasteiger partial charge is 0.365 e. The molecule has 1 fully saturated rings. The van der Waals surface area contributed by atoms with Crippen LogP contribution in [-0.2, 0) is 4.79 Å². The molecule has 1 aromatic carbocycles. The molecule has 3 rings (SSSR count). The Balaban J connectivity index is 1.52. The summed E-state index contributed by atoms with van der Waals surface area (Å²) < 4.78 is 27.6. The number of aromatic nitrogens is 1. The van der Waals surface area contributed by atoms with Crippen LogP contribution >= 0.6 is 11.8 Å². The van der Waals surface area contributed by atoms with Crippen molar-refractivity contribution in [1.82, 2.24) is 10.3 Å². The Labute approximate surface area is 143 Å². The molecule has 0 spiro atoms. The first-order valence-corrected chi connectivity index (χ1v) is 8.63. The molecule has 126 valence electrons. The molecule has 1 amide bonds. The fraction of sp³-hybridized carbons (Fsp3) is 0.294. The van der Waals surface area contributed by atoms with Gasteiger partial charge in [0.1, 0.15) is 17.3 Å². The van der Waals surface area contributed by atoms with Crippen molar-refractivity contribution >= 4 is 23.4 Å². The number of benzene rings is 1. The van der Waals surface area contributed by atoms with Gasteiger partial charge in [-0.25, -0.2) is 8.78 Å². The Kier molecular flexibility index (Phi) is 5.30. The lowest BCUT2D eigenvalue weighted by atomic mass is 10.2. The summed E-state index contributed by atoms with van der Waals surface area (Å²) in [6.07, 6.45) is 4.02. The molecule has 0 radical (unpaired) electrons. The molecular weight excluding hydrogens is 332 g/mol. The highest BCUT2D eigenvalue weighted by atomic mass is 32.2. The first-order valence-electron chi connectivity index (χ1n) is 7.64. The SMILES string of the molecule is O=C(CSc1ccncc1)N[C@@H]1CCN(c2c(F)cccc2F)C1. The molecule has 2 heterocycles. The maximum Gasteiger partial charge on any atom is 0.230 e. The minimum absolute atomic E-state index is 0.0135. The minimum atomic E-state index is -0.574. The summed E-state index contributed by atoms with van der Waals surface area (Å²) in [6, 6.07) is 7.42. The highest BCUT2D eigenvalue weighted by Gasteiger charge is 2.27. The molecule has 0 bridgehead atoms. The van der Waals surface area contributed by atoms with Crippen molar-refractivity contribution in [2.45, 2.75) is 17.4 Å². The van der Waals surface area contributed by atoms with Crippen LogP contribution in [0.4, 0.5) is 14.5 Å². The molecule has 1 aliphatic rings. The number of rotatable bonds is 5. The molecule has 0 aliphatic carbocycles. The number of pyridine rings is 1. The Hall–Kier alpha value is -2.15. The zero-order valence-electron chi connectivity index (χ0n) is 12.9. The standard InChI is InChI=1S/C17H17F2N3OS/c18-14-2-1-3-15(19)17(14)22-9-6-12(10-22)21-16(23)11-24-13-4-7-20-8-5-13/h1-5,7-8,12H,6,9-11H2,(H,21,23)/t12-/m1/s1. The van der Waals surface area contributed by atoms with E-state index in [1.807, 2.05) is 12.1 Å². The normalized spacial score (nSPS) is 17.1. The second-order valence-corrected chi connectivity index (χ2v) is 6.59. The minimum Gasteiger partial charge on any atom is -0.365 e. The van der Waals surface area contributed by atoms with Gasteiger partial charge in [0.2, 0.25) is 5.91 Å². The van der Waals surface area contributed by atoms with Crippen molar-refractivity contribution in [1.29, 1.82) is 0 Å². The molecule has 0 unspecified atom stereocenters. The van der Waals surface area contributed by atoms with E-state index in [9.17, 15) is 13.6 Å². The summed E-state index contributed by atoms with van der Waals surface area (Å²) in [4.78, 5) is 18.6. The Bertz CT molecular complexity index is 694. The molecule has 1 aromatic heterocycles. The Morgan fingerprint density at radius 1 is 1.25 bits per heavy atom. The zero-order valence-corrected chi connectivity index (χ0v) is 13.7. The van der Waals surface area contributed by atoms with Crippen LogP contribution in [0.3, 0.4) is 0 Å². The lowest BCUT2D eigenvalue weighted by molar-refractivity contribution is -0.119. The summed E-state index contributed by atoms with van der Waals surface area (Å²) in [7, 11) is 0.